The van der Waals surface area contributed by atoms with E-state index in [1.807, 2.05) is 41.9 Å². The molecule has 134 valence electrons. The summed E-state index contributed by atoms with van der Waals surface area (Å²) >= 11 is 1.32. The van der Waals surface area contributed by atoms with Gasteiger partial charge >= 0.3 is 0 Å². The molecule has 0 aliphatic heterocycles. The lowest BCUT2D eigenvalue weighted by Crippen LogP contribution is -2.22. The molecule has 0 bridgehead atoms. The number of carbonyl (C=O) groups is 1. The van der Waals surface area contributed by atoms with Crippen LogP contribution in [0.25, 0.3) is 0 Å². The summed E-state index contributed by atoms with van der Waals surface area (Å²) in [5.41, 5.74) is 1.58. The van der Waals surface area contributed by atoms with Crippen molar-refractivity contribution in [3.8, 4) is 0 Å². The molecule has 0 aliphatic rings. The van der Waals surface area contributed by atoms with Gasteiger partial charge in [-0.2, -0.15) is 0 Å². The van der Waals surface area contributed by atoms with Crippen molar-refractivity contribution in [3.05, 3.63) is 71.8 Å². The Bertz CT molecular complexity index is 898. The molecule has 7 heteroatoms. The molecule has 0 saturated carbocycles. The molecule has 1 heterocycles. The van der Waals surface area contributed by atoms with E-state index in [1.54, 1.807) is 19.1 Å². The molecule has 5 nitrogen and oxygen atoms in total. The maximum atomic E-state index is 13.2. The molecule has 0 unspecified atom stereocenters. The summed E-state index contributed by atoms with van der Waals surface area (Å²) < 4.78 is 15.1. The molecule has 3 rings (SSSR count). The summed E-state index contributed by atoms with van der Waals surface area (Å²) in [5, 5.41) is 11.4. The molecule has 0 fully saturated rings. The third-order valence-electron chi connectivity index (χ3n) is 3.87. The van der Waals surface area contributed by atoms with Crippen LogP contribution in [0.5, 0.6) is 0 Å². The van der Waals surface area contributed by atoms with E-state index in [9.17, 15) is 9.18 Å². The molecular weight excluding hydrogens is 351 g/mol. The molecule has 0 aliphatic carbocycles. The molecule has 1 amide bonds. The fourth-order valence-corrected chi connectivity index (χ4v) is 3.24. The van der Waals surface area contributed by atoms with Crippen molar-refractivity contribution in [1.82, 2.24) is 14.8 Å². The number of benzene rings is 2. The molecule has 26 heavy (non-hydrogen) atoms. The third-order valence-corrected chi connectivity index (χ3v) is 5.01. The van der Waals surface area contributed by atoms with E-state index >= 15 is 0 Å². The highest BCUT2D eigenvalue weighted by atomic mass is 32.2. The number of aromatic nitrogens is 3. The number of hydrogen-bond donors (Lipinski definition) is 1. The van der Waals surface area contributed by atoms with E-state index in [4.69, 9.17) is 0 Å². The van der Waals surface area contributed by atoms with Crippen molar-refractivity contribution in [1.29, 1.82) is 0 Å². The highest BCUT2D eigenvalue weighted by molar-refractivity contribution is 8.00. The van der Waals surface area contributed by atoms with Gasteiger partial charge in [-0.05, 0) is 30.7 Å². The van der Waals surface area contributed by atoms with Gasteiger partial charge in [0, 0.05) is 19.2 Å². The van der Waals surface area contributed by atoms with Gasteiger partial charge in [-0.15, -0.1) is 10.2 Å². The number of anilines is 1. The Kier molecular flexibility index (Phi) is 5.68. The zero-order chi connectivity index (χ0) is 18.5. The first-order valence-corrected chi connectivity index (χ1v) is 9.06. The SMILES string of the molecule is C[C@H](Sc1nnc(Cc2ccccc2)n1C)C(=O)Nc1cccc(F)c1. The second kappa shape index (κ2) is 8.14. The van der Waals surface area contributed by atoms with Crippen LogP contribution in [0.15, 0.2) is 59.8 Å². The lowest BCUT2D eigenvalue weighted by molar-refractivity contribution is -0.115. The van der Waals surface area contributed by atoms with Gasteiger partial charge in [0.15, 0.2) is 5.16 Å². The summed E-state index contributed by atoms with van der Waals surface area (Å²) in [6.45, 7) is 1.78. The van der Waals surface area contributed by atoms with Crippen molar-refractivity contribution in [2.75, 3.05) is 5.32 Å². The predicted molar refractivity (Wildman–Crippen MR) is 101 cm³/mol. The fraction of sp³-hybridized carbons (Fsp3) is 0.211. The Morgan fingerprint density at radius 1 is 1.19 bits per heavy atom. The normalized spacial score (nSPS) is 12.0. The van der Waals surface area contributed by atoms with E-state index in [-0.39, 0.29) is 11.7 Å². The number of amides is 1. The number of halogens is 1. The summed E-state index contributed by atoms with van der Waals surface area (Å²) in [7, 11) is 1.89. The van der Waals surface area contributed by atoms with Crippen LogP contribution in [0.1, 0.15) is 18.3 Å². The van der Waals surface area contributed by atoms with Crippen molar-refractivity contribution in [3.63, 3.8) is 0 Å². The standard InChI is InChI=1S/C19H19FN4OS/c1-13(18(25)21-16-10-6-9-15(20)12-16)26-19-23-22-17(24(19)2)11-14-7-4-3-5-8-14/h3-10,12-13H,11H2,1-2H3,(H,21,25)/t13-/m0/s1. The molecule has 1 atom stereocenters. The van der Waals surface area contributed by atoms with Gasteiger partial charge < -0.3 is 9.88 Å². The van der Waals surface area contributed by atoms with Crippen LogP contribution < -0.4 is 5.32 Å². The zero-order valence-electron chi connectivity index (χ0n) is 14.5. The summed E-state index contributed by atoms with van der Waals surface area (Å²) in [6, 6.07) is 15.9. The van der Waals surface area contributed by atoms with Crippen LogP contribution in [0.2, 0.25) is 0 Å². The third kappa shape index (κ3) is 4.49. The molecular formula is C19H19FN4OS. The maximum absolute atomic E-state index is 13.2. The van der Waals surface area contributed by atoms with Gasteiger partial charge in [-0.1, -0.05) is 48.2 Å². The van der Waals surface area contributed by atoms with Gasteiger partial charge in [0.1, 0.15) is 11.6 Å². The molecule has 1 N–H and O–H groups in total. The van der Waals surface area contributed by atoms with Gasteiger partial charge in [0.25, 0.3) is 0 Å². The molecule has 0 saturated heterocycles. The number of rotatable bonds is 6. The van der Waals surface area contributed by atoms with E-state index in [2.05, 4.69) is 15.5 Å². The summed E-state index contributed by atoms with van der Waals surface area (Å²) in [4.78, 5) is 12.3. The Hall–Kier alpha value is -2.67. The summed E-state index contributed by atoms with van der Waals surface area (Å²) in [5.74, 6) is 0.228. The fourth-order valence-electron chi connectivity index (χ4n) is 2.40. The van der Waals surface area contributed by atoms with Crippen molar-refractivity contribution >= 4 is 23.4 Å². The van der Waals surface area contributed by atoms with Gasteiger partial charge in [0.2, 0.25) is 5.91 Å². The molecule has 2 aromatic carbocycles. The average Bonchev–Trinajstić information content (AvgIpc) is 2.96. The second-order valence-corrected chi connectivity index (χ2v) is 7.19. The van der Waals surface area contributed by atoms with Crippen LogP contribution in [-0.4, -0.2) is 25.9 Å². The number of hydrogen-bond acceptors (Lipinski definition) is 4. The Morgan fingerprint density at radius 2 is 1.96 bits per heavy atom. The summed E-state index contributed by atoms with van der Waals surface area (Å²) in [6.07, 6.45) is 0.675. The minimum absolute atomic E-state index is 0.215. The minimum Gasteiger partial charge on any atom is -0.325 e. The molecule has 1 aromatic heterocycles. The van der Waals surface area contributed by atoms with Gasteiger partial charge in [-0.3, -0.25) is 4.79 Å². The van der Waals surface area contributed by atoms with E-state index in [0.717, 1.165) is 11.4 Å². The number of nitrogens with zero attached hydrogens (tertiary/aromatic N) is 3. The minimum atomic E-state index is -0.397. The van der Waals surface area contributed by atoms with E-state index < -0.39 is 5.25 Å². The first-order chi connectivity index (χ1) is 12.5. The molecule has 0 spiro atoms. The van der Waals surface area contributed by atoms with Crippen LogP contribution in [0, 0.1) is 5.82 Å². The number of nitrogens with one attached hydrogen (secondary N) is 1. The lowest BCUT2D eigenvalue weighted by Gasteiger charge is -2.11. The average molecular weight is 370 g/mol. The lowest BCUT2D eigenvalue weighted by atomic mass is 10.1. The maximum Gasteiger partial charge on any atom is 0.237 e. The highest BCUT2D eigenvalue weighted by Gasteiger charge is 2.19. The smallest absolute Gasteiger partial charge is 0.237 e. The van der Waals surface area contributed by atoms with E-state index in [1.165, 1.54) is 23.9 Å². The van der Waals surface area contributed by atoms with Crippen LogP contribution >= 0.6 is 11.8 Å². The predicted octanol–water partition coefficient (Wildman–Crippen LogP) is 3.66. The Balaban J connectivity index is 1.64. The molecule has 0 radical (unpaired) electrons. The van der Waals surface area contributed by atoms with E-state index in [0.29, 0.717) is 17.3 Å². The van der Waals surface area contributed by atoms with Crippen molar-refractivity contribution < 1.29 is 9.18 Å². The Labute approximate surface area is 155 Å². The Morgan fingerprint density at radius 3 is 2.69 bits per heavy atom. The van der Waals surface area contributed by atoms with Crippen LogP contribution in [-0.2, 0) is 18.3 Å². The quantitative estimate of drug-likeness (QED) is 0.673. The zero-order valence-corrected chi connectivity index (χ0v) is 15.3. The first kappa shape index (κ1) is 18.1. The number of carbonyl (C=O) groups excluding carboxylic acids is 1. The number of thioether (sulfide) groups is 1. The topological polar surface area (TPSA) is 59.8 Å². The van der Waals surface area contributed by atoms with Crippen LogP contribution in [0.4, 0.5) is 10.1 Å². The monoisotopic (exact) mass is 370 g/mol. The van der Waals surface area contributed by atoms with Crippen molar-refractivity contribution in [2.24, 2.45) is 7.05 Å². The highest BCUT2D eigenvalue weighted by Crippen LogP contribution is 2.23. The largest absolute Gasteiger partial charge is 0.325 e. The molecule has 3 aromatic rings. The van der Waals surface area contributed by atoms with Gasteiger partial charge in [-0.25, -0.2) is 4.39 Å². The first-order valence-electron chi connectivity index (χ1n) is 8.18. The van der Waals surface area contributed by atoms with Crippen molar-refractivity contribution in [2.45, 2.75) is 23.8 Å². The van der Waals surface area contributed by atoms with Crippen LogP contribution in [0.3, 0.4) is 0 Å². The second-order valence-electron chi connectivity index (χ2n) is 5.88. The van der Waals surface area contributed by atoms with Gasteiger partial charge in [0.05, 0.1) is 5.25 Å².